The van der Waals surface area contributed by atoms with Crippen LogP contribution in [0.1, 0.15) is 38.9 Å². The van der Waals surface area contributed by atoms with E-state index in [-0.39, 0.29) is 12.0 Å². The van der Waals surface area contributed by atoms with Crippen molar-refractivity contribution in [3.05, 3.63) is 18.0 Å². The Hall–Kier alpha value is -1.36. The third-order valence-corrected chi connectivity index (χ3v) is 4.98. The van der Waals surface area contributed by atoms with E-state index >= 15 is 0 Å². The van der Waals surface area contributed by atoms with Crippen LogP contribution in [-0.4, -0.2) is 51.7 Å². The van der Waals surface area contributed by atoms with E-state index in [1.807, 2.05) is 12.3 Å². The summed E-state index contributed by atoms with van der Waals surface area (Å²) in [5.74, 6) is 1.19. The van der Waals surface area contributed by atoms with E-state index < -0.39 is 0 Å². The van der Waals surface area contributed by atoms with Crippen LogP contribution < -0.4 is 0 Å². The summed E-state index contributed by atoms with van der Waals surface area (Å²) in [6, 6.07) is 2.33. The van der Waals surface area contributed by atoms with Gasteiger partial charge in [-0.05, 0) is 31.5 Å². The van der Waals surface area contributed by atoms with Crippen LogP contribution in [0.2, 0.25) is 0 Å². The van der Waals surface area contributed by atoms with Gasteiger partial charge in [0, 0.05) is 25.2 Å². The molecule has 0 unspecified atom stereocenters. The summed E-state index contributed by atoms with van der Waals surface area (Å²) >= 11 is 0. The predicted octanol–water partition coefficient (Wildman–Crippen LogP) is 1.76. The summed E-state index contributed by atoms with van der Waals surface area (Å²) in [6.07, 6.45) is 2.92. The molecule has 116 valence electrons. The summed E-state index contributed by atoms with van der Waals surface area (Å²) in [5, 5.41) is 4.48. The zero-order chi connectivity index (χ0) is 15.0. The second-order valence-electron chi connectivity index (χ2n) is 6.45. The molecule has 1 aromatic rings. The molecular formula is C16H26N4O. The van der Waals surface area contributed by atoms with Gasteiger partial charge in [0.2, 0.25) is 5.91 Å². The van der Waals surface area contributed by atoms with Crippen molar-refractivity contribution < 1.29 is 4.79 Å². The van der Waals surface area contributed by atoms with Gasteiger partial charge in [0.15, 0.2) is 0 Å². The van der Waals surface area contributed by atoms with Gasteiger partial charge in [-0.25, -0.2) is 0 Å². The molecule has 5 nitrogen and oxygen atoms in total. The minimum Gasteiger partial charge on any atom is -0.334 e. The maximum Gasteiger partial charge on any atom is 0.226 e. The van der Waals surface area contributed by atoms with Crippen LogP contribution in [-0.2, 0) is 11.3 Å². The number of likely N-dealkylation sites (N-methyl/N-ethyl adjacent to an activating group) is 1. The fourth-order valence-corrected chi connectivity index (χ4v) is 3.37. The van der Waals surface area contributed by atoms with Crippen LogP contribution in [0.3, 0.4) is 0 Å². The lowest BCUT2D eigenvalue weighted by molar-refractivity contribution is -0.135. The number of aromatic nitrogens is 2. The van der Waals surface area contributed by atoms with Crippen LogP contribution >= 0.6 is 0 Å². The molecule has 3 atom stereocenters. The first kappa shape index (κ1) is 14.6. The SMILES string of the molecule is CCN(CC)C[C@@H]1CN(C(=O)[C@H]2C[C@@H]2C)Cc2ccnn21. The topological polar surface area (TPSA) is 41.4 Å². The van der Waals surface area contributed by atoms with Crippen LogP contribution in [0.5, 0.6) is 0 Å². The number of carbonyl (C=O) groups excluding carboxylic acids is 1. The number of hydrogen-bond donors (Lipinski definition) is 0. The number of fused-ring (bicyclic) bond motifs is 1. The first-order chi connectivity index (χ1) is 10.1. The average Bonchev–Trinajstić information content (AvgIpc) is 3.02. The monoisotopic (exact) mass is 290 g/mol. The molecule has 1 fully saturated rings. The highest BCUT2D eigenvalue weighted by Crippen LogP contribution is 2.40. The highest BCUT2D eigenvalue weighted by Gasteiger charge is 2.43. The molecule has 0 radical (unpaired) electrons. The molecule has 5 heteroatoms. The lowest BCUT2D eigenvalue weighted by Crippen LogP contribution is -2.45. The summed E-state index contributed by atoms with van der Waals surface area (Å²) in [6.45, 7) is 11.1. The van der Waals surface area contributed by atoms with E-state index in [1.54, 1.807) is 0 Å². The van der Waals surface area contributed by atoms with Gasteiger partial charge < -0.3 is 9.80 Å². The van der Waals surface area contributed by atoms with Crippen molar-refractivity contribution >= 4 is 5.91 Å². The zero-order valence-corrected chi connectivity index (χ0v) is 13.3. The molecular weight excluding hydrogens is 264 g/mol. The average molecular weight is 290 g/mol. The molecule has 1 saturated carbocycles. The van der Waals surface area contributed by atoms with Gasteiger partial charge in [-0.2, -0.15) is 5.10 Å². The second kappa shape index (κ2) is 5.79. The van der Waals surface area contributed by atoms with E-state index in [1.165, 1.54) is 5.69 Å². The van der Waals surface area contributed by atoms with Crippen molar-refractivity contribution in [3.8, 4) is 0 Å². The number of amides is 1. The van der Waals surface area contributed by atoms with E-state index in [0.29, 0.717) is 11.8 Å². The maximum absolute atomic E-state index is 12.6. The van der Waals surface area contributed by atoms with E-state index in [0.717, 1.165) is 39.1 Å². The molecule has 0 spiro atoms. The standard InChI is InChI=1S/C16H26N4O/c1-4-18(5-2)9-14-11-19(16(21)15-8-12(15)3)10-13-6-7-17-20(13)14/h6-7,12,14-15H,4-5,8-11H2,1-3H3/t12-,14+,15-/m0/s1. The Kier molecular flexibility index (Phi) is 4.02. The van der Waals surface area contributed by atoms with E-state index in [9.17, 15) is 4.79 Å². The number of nitrogens with zero attached hydrogens (tertiary/aromatic N) is 4. The third kappa shape index (κ3) is 2.84. The largest absolute Gasteiger partial charge is 0.334 e. The van der Waals surface area contributed by atoms with Crippen LogP contribution in [0, 0.1) is 11.8 Å². The molecule has 3 rings (SSSR count). The molecule has 1 aliphatic heterocycles. The maximum atomic E-state index is 12.6. The molecule has 2 heterocycles. The fourth-order valence-electron chi connectivity index (χ4n) is 3.37. The summed E-state index contributed by atoms with van der Waals surface area (Å²) in [4.78, 5) is 17.0. The first-order valence-corrected chi connectivity index (χ1v) is 8.17. The Labute approximate surface area is 126 Å². The molecule has 0 N–H and O–H groups in total. The van der Waals surface area contributed by atoms with Crippen molar-refractivity contribution in [2.24, 2.45) is 11.8 Å². The van der Waals surface area contributed by atoms with Gasteiger partial charge in [0.1, 0.15) is 0 Å². The Morgan fingerprint density at radius 2 is 2.14 bits per heavy atom. The lowest BCUT2D eigenvalue weighted by atomic mass is 10.1. The Morgan fingerprint density at radius 3 is 2.76 bits per heavy atom. The quantitative estimate of drug-likeness (QED) is 0.830. The van der Waals surface area contributed by atoms with Crippen LogP contribution in [0.4, 0.5) is 0 Å². The van der Waals surface area contributed by atoms with Crippen LogP contribution in [0.15, 0.2) is 12.3 Å². The van der Waals surface area contributed by atoms with Crippen LogP contribution in [0.25, 0.3) is 0 Å². The van der Waals surface area contributed by atoms with E-state index in [2.05, 4.69) is 40.4 Å². The molecule has 1 amide bonds. The number of hydrogen-bond acceptors (Lipinski definition) is 3. The molecule has 2 aliphatic rings. The normalized spacial score (nSPS) is 27.8. The van der Waals surface area contributed by atoms with Crippen molar-refractivity contribution in [1.82, 2.24) is 19.6 Å². The second-order valence-corrected chi connectivity index (χ2v) is 6.45. The number of carbonyl (C=O) groups is 1. The number of rotatable bonds is 5. The third-order valence-electron chi connectivity index (χ3n) is 4.98. The summed E-state index contributed by atoms with van der Waals surface area (Å²) in [7, 11) is 0. The fraction of sp³-hybridized carbons (Fsp3) is 0.750. The van der Waals surface area contributed by atoms with Gasteiger partial charge in [0.05, 0.1) is 18.3 Å². The van der Waals surface area contributed by atoms with E-state index in [4.69, 9.17) is 0 Å². The first-order valence-electron chi connectivity index (χ1n) is 8.17. The minimum atomic E-state index is 0.272. The smallest absolute Gasteiger partial charge is 0.226 e. The van der Waals surface area contributed by atoms with Crippen molar-refractivity contribution in [3.63, 3.8) is 0 Å². The predicted molar refractivity (Wildman–Crippen MR) is 81.7 cm³/mol. The Balaban J connectivity index is 1.75. The van der Waals surface area contributed by atoms with Crippen molar-refractivity contribution in [2.75, 3.05) is 26.2 Å². The molecule has 21 heavy (non-hydrogen) atoms. The van der Waals surface area contributed by atoms with Gasteiger partial charge in [-0.3, -0.25) is 9.48 Å². The molecule has 0 saturated heterocycles. The molecule has 0 aromatic carbocycles. The molecule has 0 bridgehead atoms. The van der Waals surface area contributed by atoms with Crippen molar-refractivity contribution in [2.45, 2.75) is 39.8 Å². The zero-order valence-electron chi connectivity index (χ0n) is 13.3. The minimum absolute atomic E-state index is 0.272. The molecule has 1 aliphatic carbocycles. The van der Waals surface area contributed by atoms with Gasteiger partial charge in [0.25, 0.3) is 0 Å². The summed E-state index contributed by atoms with van der Waals surface area (Å²) < 4.78 is 2.12. The lowest BCUT2D eigenvalue weighted by Gasteiger charge is -2.36. The van der Waals surface area contributed by atoms with Gasteiger partial charge in [-0.15, -0.1) is 0 Å². The molecule has 1 aromatic heterocycles. The van der Waals surface area contributed by atoms with Gasteiger partial charge >= 0.3 is 0 Å². The Bertz CT molecular complexity index is 508. The highest BCUT2D eigenvalue weighted by atomic mass is 16.2. The Morgan fingerprint density at radius 1 is 1.43 bits per heavy atom. The highest BCUT2D eigenvalue weighted by molar-refractivity contribution is 5.81. The summed E-state index contributed by atoms with van der Waals surface area (Å²) in [5.41, 5.74) is 1.17. The van der Waals surface area contributed by atoms with Crippen molar-refractivity contribution in [1.29, 1.82) is 0 Å². The van der Waals surface area contributed by atoms with Gasteiger partial charge in [-0.1, -0.05) is 20.8 Å².